The first-order valence-electron chi connectivity index (χ1n) is 3.58. The average Bonchev–Trinajstić information content (AvgIpc) is 2.60. The Hall–Kier alpha value is -0.490. The molecule has 78 valence electrons. The van der Waals surface area contributed by atoms with Gasteiger partial charge in [-0.15, -0.1) is 0 Å². The van der Waals surface area contributed by atoms with Crippen LogP contribution in [0, 0.1) is 5.82 Å². The lowest BCUT2D eigenvalue weighted by atomic mass is 10.5. The summed E-state index contributed by atoms with van der Waals surface area (Å²) in [6.45, 7) is 0. The summed E-state index contributed by atoms with van der Waals surface area (Å²) in [5, 5.41) is -0.239. The van der Waals surface area contributed by atoms with Crippen molar-refractivity contribution in [3.63, 3.8) is 0 Å². The second kappa shape index (κ2) is 4.17. The lowest BCUT2D eigenvalue weighted by Gasteiger charge is -1.98. The van der Waals surface area contributed by atoms with Crippen LogP contribution in [-0.4, -0.2) is 15.0 Å². The van der Waals surface area contributed by atoms with Gasteiger partial charge in [0.1, 0.15) is 4.34 Å². The second-order valence-corrected chi connectivity index (χ2v) is 4.79. The van der Waals surface area contributed by atoms with E-state index in [-0.39, 0.29) is 16.1 Å². The van der Waals surface area contributed by atoms with Crippen LogP contribution in [0.5, 0.6) is 0 Å². The Balaban J connectivity index is 2.55. The first-order valence-corrected chi connectivity index (χ1v) is 5.53. The van der Waals surface area contributed by atoms with Crippen molar-refractivity contribution in [1.82, 2.24) is 15.0 Å². The summed E-state index contributed by atoms with van der Waals surface area (Å²) in [5.41, 5.74) is 0. The van der Waals surface area contributed by atoms with Crippen molar-refractivity contribution < 1.29 is 4.39 Å². The maximum Gasteiger partial charge on any atom is 0.197 e. The van der Waals surface area contributed by atoms with Crippen molar-refractivity contribution in [2.24, 2.45) is 0 Å². The molecule has 2 aromatic heterocycles. The van der Waals surface area contributed by atoms with Gasteiger partial charge in [-0.3, -0.25) is 0 Å². The molecular formula is C7HCl3FN3S. The third-order valence-corrected chi connectivity index (χ3v) is 3.05. The quantitative estimate of drug-likeness (QED) is 0.750. The third kappa shape index (κ3) is 2.20. The normalized spacial score (nSPS) is 10.7. The van der Waals surface area contributed by atoms with Crippen molar-refractivity contribution in [1.29, 1.82) is 0 Å². The topological polar surface area (TPSA) is 38.7 Å². The van der Waals surface area contributed by atoms with Gasteiger partial charge in [-0.05, 0) is 0 Å². The molecule has 2 rings (SSSR count). The number of halogens is 4. The molecule has 0 amide bonds. The number of hydrogen-bond acceptors (Lipinski definition) is 4. The summed E-state index contributed by atoms with van der Waals surface area (Å²) in [6.07, 6.45) is 1.44. The summed E-state index contributed by atoms with van der Waals surface area (Å²) in [7, 11) is 0. The first kappa shape index (κ1) is 11.0. The zero-order valence-electron chi connectivity index (χ0n) is 6.84. The highest BCUT2D eigenvalue weighted by atomic mass is 35.5. The standard InChI is InChI=1S/C7HCl3FN3S/c8-2-1-12-7(15-2)6-13-4(9)3(11)5(10)14-6/h1H. The summed E-state index contributed by atoms with van der Waals surface area (Å²) < 4.78 is 13.5. The fourth-order valence-corrected chi connectivity index (χ4v) is 2.08. The summed E-state index contributed by atoms with van der Waals surface area (Å²) in [6, 6.07) is 0. The highest BCUT2D eigenvalue weighted by Crippen LogP contribution is 2.28. The highest BCUT2D eigenvalue weighted by Gasteiger charge is 2.14. The van der Waals surface area contributed by atoms with Gasteiger partial charge in [-0.1, -0.05) is 46.1 Å². The van der Waals surface area contributed by atoms with E-state index in [1.165, 1.54) is 6.20 Å². The highest BCUT2D eigenvalue weighted by molar-refractivity contribution is 7.18. The van der Waals surface area contributed by atoms with Crippen LogP contribution in [0.1, 0.15) is 0 Å². The van der Waals surface area contributed by atoms with Gasteiger partial charge in [0.15, 0.2) is 27.0 Å². The van der Waals surface area contributed by atoms with E-state index in [0.717, 1.165) is 11.3 Å². The monoisotopic (exact) mass is 283 g/mol. The zero-order valence-corrected chi connectivity index (χ0v) is 9.92. The van der Waals surface area contributed by atoms with E-state index in [1.807, 2.05) is 0 Å². The lowest BCUT2D eigenvalue weighted by Crippen LogP contribution is -1.93. The van der Waals surface area contributed by atoms with Crippen molar-refractivity contribution in [2.45, 2.75) is 0 Å². The molecule has 0 N–H and O–H groups in total. The Labute approximate surface area is 103 Å². The van der Waals surface area contributed by atoms with E-state index in [4.69, 9.17) is 34.8 Å². The molecule has 0 fully saturated rings. The first-order chi connectivity index (χ1) is 7.08. The number of thiazole rings is 1. The minimum atomic E-state index is -0.843. The molecule has 0 aliphatic heterocycles. The maximum absolute atomic E-state index is 13.0. The second-order valence-electron chi connectivity index (χ2n) is 2.41. The van der Waals surface area contributed by atoms with Crippen molar-refractivity contribution in [2.75, 3.05) is 0 Å². The molecule has 2 heterocycles. The number of rotatable bonds is 1. The molecular weight excluding hydrogens is 284 g/mol. The number of nitrogens with zero attached hydrogens (tertiary/aromatic N) is 3. The largest absolute Gasteiger partial charge is 0.240 e. The van der Waals surface area contributed by atoms with Gasteiger partial charge in [-0.25, -0.2) is 19.3 Å². The number of aromatic nitrogens is 3. The van der Waals surface area contributed by atoms with E-state index in [2.05, 4.69) is 15.0 Å². The molecule has 2 aromatic rings. The van der Waals surface area contributed by atoms with Gasteiger partial charge < -0.3 is 0 Å². The fourth-order valence-electron chi connectivity index (χ4n) is 0.848. The molecule has 8 heteroatoms. The average molecular weight is 285 g/mol. The van der Waals surface area contributed by atoms with E-state index in [0.29, 0.717) is 9.34 Å². The van der Waals surface area contributed by atoms with Gasteiger partial charge in [0.05, 0.1) is 6.20 Å². The minimum Gasteiger partial charge on any atom is -0.240 e. The van der Waals surface area contributed by atoms with Crippen LogP contribution < -0.4 is 0 Å². The van der Waals surface area contributed by atoms with Crippen LogP contribution in [0.15, 0.2) is 6.20 Å². The molecule has 0 aliphatic rings. The van der Waals surface area contributed by atoms with Crippen LogP contribution in [0.2, 0.25) is 14.6 Å². The van der Waals surface area contributed by atoms with Gasteiger partial charge in [0, 0.05) is 0 Å². The minimum absolute atomic E-state index is 0.156. The molecule has 0 bridgehead atoms. The smallest absolute Gasteiger partial charge is 0.197 e. The van der Waals surface area contributed by atoms with Crippen molar-refractivity contribution in [3.05, 3.63) is 26.7 Å². The van der Waals surface area contributed by atoms with E-state index >= 15 is 0 Å². The van der Waals surface area contributed by atoms with Gasteiger partial charge in [-0.2, -0.15) is 0 Å². The van der Waals surface area contributed by atoms with Gasteiger partial charge in [0.2, 0.25) is 0 Å². The summed E-state index contributed by atoms with van der Waals surface area (Å²) in [4.78, 5) is 11.3. The Morgan fingerprint density at radius 2 is 1.73 bits per heavy atom. The van der Waals surface area contributed by atoms with Crippen LogP contribution >= 0.6 is 46.1 Å². The fraction of sp³-hybridized carbons (Fsp3) is 0. The molecule has 3 nitrogen and oxygen atoms in total. The predicted octanol–water partition coefficient (Wildman–Crippen LogP) is 3.70. The zero-order chi connectivity index (χ0) is 11.0. The molecule has 0 aliphatic carbocycles. The Bertz CT molecular complexity index is 493. The van der Waals surface area contributed by atoms with E-state index in [1.54, 1.807) is 0 Å². The molecule has 0 spiro atoms. The third-order valence-electron chi connectivity index (χ3n) is 1.44. The molecule has 15 heavy (non-hydrogen) atoms. The molecule has 0 aromatic carbocycles. The SMILES string of the molecule is Fc1c(Cl)nc(-c2ncc(Cl)s2)nc1Cl. The van der Waals surface area contributed by atoms with Crippen molar-refractivity contribution >= 4 is 46.1 Å². The van der Waals surface area contributed by atoms with E-state index < -0.39 is 5.82 Å². The Morgan fingerprint density at radius 3 is 2.20 bits per heavy atom. The predicted molar refractivity (Wildman–Crippen MR) is 58.1 cm³/mol. The van der Waals surface area contributed by atoms with Crippen LogP contribution in [0.3, 0.4) is 0 Å². The van der Waals surface area contributed by atoms with E-state index in [9.17, 15) is 4.39 Å². The summed E-state index contributed by atoms with van der Waals surface area (Å²) >= 11 is 17.9. The molecule has 0 saturated heterocycles. The molecule has 0 atom stereocenters. The lowest BCUT2D eigenvalue weighted by molar-refractivity contribution is 0.615. The molecule has 0 saturated carbocycles. The molecule has 0 unspecified atom stereocenters. The Morgan fingerprint density at radius 1 is 1.13 bits per heavy atom. The summed E-state index contributed by atoms with van der Waals surface area (Å²) in [5.74, 6) is -0.687. The van der Waals surface area contributed by atoms with Gasteiger partial charge in [0.25, 0.3) is 0 Å². The van der Waals surface area contributed by atoms with Crippen molar-refractivity contribution in [3.8, 4) is 10.8 Å². The number of hydrogen-bond donors (Lipinski definition) is 0. The van der Waals surface area contributed by atoms with Crippen LogP contribution in [0.25, 0.3) is 10.8 Å². The Kier molecular flexibility index (Phi) is 3.06. The maximum atomic E-state index is 13.0. The van der Waals surface area contributed by atoms with Crippen LogP contribution in [-0.2, 0) is 0 Å². The van der Waals surface area contributed by atoms with Crippen LogP contribution in [0.4, 0.5) is 4.39 Å². The molecule has 0 radical (unpaired) electrons. The van der Waals surface area contributed by atoms with Gasteiger partial charge >= 0.3 is 0 Å².